The number of nitrogens with one attached hydrogen (secondary N) is 2. The second-order valence-electron chi connectivity index (χ2n) is 6.39. The lowest BCUT2D eigenvalue weighted by atomic mass is 10.0. The predicted octanol–water partition coefficient (Wildman–Crippen LogP) is 4.54. The molecule has 4 nitrogen and oxygen atoms in total. The van der Waals surface area contributed by atoms with E-state index in [1.54, 1.807) is 0 Å². The van der Waals surface area contributed by atoms with Gasteiger partial charge in [-0.05, 0) is 39.5 Å². The van der Waals surface area contributed by atoms with E-state index in [1.165, 1.54) is 19.3 Å². The van der Waals surface area contributed by atoms with Crippen molar-refractivity contribution in [2.24, 2.45) is 5.92 Å². The van der Waals surface area contributed by atoms with Crippen LogP contribution < -0.4 is 10.6 Å². The van der Waals surface area contributed by atoms with Gasteiger partial charge in [0.1, 0.15) is 17.5 Å². The Morgan fingerprint density at radius 3 is 2.29 bits per heavy atom. The highest BCUT2D eigenvalue weighted by molar-refractivity contribution is 5.57. The minimum Gasteiger partial charge on any atom is -0.370 e. The second-order valence-corrected chi connectivity index (χ2v) is 6.39. The Morgan fingerprint density at radius 1 is 1.00 bits per heavy atom. The van der Waals surface area contributed by atoms with Crippen molar-refractivity contribution in [1.29, 1.82) is 0 Å². The fourth-order valence-corrected chi connectivity index (χ4v) is 2.32. The molecule has 0 spiro atoms. The highest BCUT2D eigenvalue weighted by atomic mass is 15.1. The fourth-order valence-electron chi connectivity index (χ4n) is 2.32. The summed E-state index contributed by atoms with van der Waals surface area (Å²) in [4.78, 5) is 9.06. The first-order valence-electron chi connectivity index (χ1n) is 8.29. The van der Waals surface area contributed by atoms with Gasteiger partial charge < -0.3 is 10.6 Å². The Kier molecular flexibility index (Phi) is 7.48. The molecule has 0 radical (unpaired) electrons. The fraction of sp³-hybridized carbons (Fsp3) is 0.765. The van der Waals surface area contributed by atoms with Crippen LogP contribution in [0.4, 0.5) is 11.6 Å². The van der Waals surface area contributed by atoms with Crippen LogP contribution in [0.5, 0.6) is 0 Å². The van der Waals surface area contributed by atoms with E-state index in [1.807, 2.05) is 6.92 Å². The van der Waals surface area contributed by atoms with E-state index >= 15 is 0 Å². The molecule has 1 unspecified atom stereocenters. The lowest BCUT2D eigenvalue weighted by Crippen LogP contribution is -2.18. The molecule has 0 fully saturated rings. The average Bonchev–Trinajstić information content (AvgIpc) is 2.40. The summed E-state index contributed by atoms with van der Waals surface area (Å²) in [5.74, 6) is 3.53. The van der Waals surface area contributed by atoms with Crippen LogP contribution in [0.1, 0.15) is 64.8 Å². The lowest BCUT2D eigenvalue weighted by molar-refractivity contribution is 0.520. The van der Waals surface area contributed by atoms with Gasteiger partial charge in [0.15, 0.2) is 0 Å². The third-order valence-corrected chi connectivity index (χ3v) is 3.60. The van der Waals surface area contributed by atoms with Crippen LogP contribution in [0.15, 0.2) is 0 Å². The SMILES string of the molecule is CCCNc1nc(C)nc(NC(C)CCCC(C)C)c1C. The lowest BCUT2D eigenvalue weighted by Gasteiger charge is -2.18. The normalized spacial score (nSPS) is 12.5. The number of anilines is 2. The Labute approximate surface area is 130 Å². The number of rotatable bonds is 9. The van der Waals surface area contributed by atoms with Crippen molar-refractivity contribution in [3.05, 3.63) is 11.4 Å². The largest absolute Gasteiger partial charge is 0.370 e. The first-order chi connectivity index (χ1) is 9.93. The van der Waals surface area contributed by atoms with Gasteiger partial charge in [-0.3, -0.25) is 0 Å². The predicted molar refractivity (Wildman–Crippen MR) is 92.1 cm³/mol. The van der Waals surface area contributed by atoms with Gasteiger partial charge in [0.05, 0.1) is 0 Å². The molecule has 0 saturated heterocycles. The summed E-state index contributed by atoms with van der Waals surface area (Å²) in [5, 5.41) is 6.93. The maximum absolute atomic E-state index is 4.56. The number of aryl methyl sites for hydroxylation is 1. The van der Waals surface area contributed by atoms with Crippen LogP contribution in [0.25, 0.3) is 0 Å². The maximum atomic E-state index is 4.56. The van der Waals surface area contributed by atoms with E-state index in [2.05, 4.69) is 55.2 Å². The molecular weight excluding hydrogens is 260 g/mol. The van der Waals surface area contributed by atoms with E-state index in [0.29, 0.717) is 6.04 Å². The highest BCUT2D eigenvalue weighted by Gasteiger charge is 2.11. The molecule has 1 rings (SSSR count). The minimum atomic E-state index is 0.441. The maximum Gasteiger partial charge on any atom is 0.134 e. The van der Waals surface area contributed by atoms with E-state index in [9.17, 15) is 0 Å². The van der Waals surface area contributed by atoms with Crippen LogP contribution in [0, 0.1) is 19.8 Å². The summed E-state index contributed by atoms with van der Waals surface area (Å²) < 4.78 is 0. The summed E-state index contributed by atoms with van der Waals surface area (Å²) in [5.41, 5.74) is 1.12. The van der Waals surface area contributed by atoms with Crippen molar-refractivity contribution in [2.45, 2.75) is 73.3 Å². The van der Waals surface area contributed by atoms with Crippen molar-refractivity contribution in [1.82, 2.24) is 9.97 Å². The standard InChI is InChI=1S/C17H32N4/c1-7-11-18-16-14(5)17(21-15(6)20-16)19-13(4)10-8-9-12(2)3/h12-13H,7-11H2,1-6H3,(H2,18,19,20,21). The zero-order valence-electron chi connectivity index (χ0n) is 14.6. The molecule has 0 aliphatic rings. The van der Waals surface area contributed by atoms with Crippen LogP contribution in [-0.4, -0.2) is 22.6 Å². The third kappa shape index (κ3) is 6.32. The Balaban J connectivity index is 2.66. The van der Waals surface area contributed by atoms with Crippen molar-refractivity contribution in [3.63, 3.8) is 0 Å². The van der Waals surface area contributed by atoms with Gasteiger partial charge in [-0.15, -0.1) is 0 Å². The van der Waals surface area contributed by atoms with Crippen LogP contribution in [-0.2, 0) is 0 Å². The molecule has 1 heterocycles. The smallest absolute Gasteiger partial charge is 0.134 e. The quantitative estimate of drug-likeness (QED) is 0.701. The van der Waals surface area contributed by atoms with Crippen molar-refractivity contribution in [2.75, 3.05) is 17.2 Å². The summed E-state index contributed by atoms with van der Waals surface area (Å²) in [7, 11) is 0. The number of aromatic nitrogens is 2. The number of hydrogen-bond donors (Lipinski definition) is 2. The van der Waals surface area contributed by atoms with Crippen LogP contribution >= 0.6 is 0 Å². The molecular formula is C17H32N4. The van der Waals surface area contributed by atoms with Crippen molar-refractivity contribution < 1.29 is 0 Å². The van der Waals surface area contributed by atoms with Gasteiger partial charge in [0.25, 0.3) is 0 Å². The van der Waals surface area contributed by atoms with Crippen LogP contribution in [0.2, 0.25) is 0 Å². The van der Waals surface area contributed by atoms with Gasteiger partial charge in [0, 0.05) is 18.2 Å². The Hall–Kier alpha value is -1.32. The molecule has 0 saturated carbocycles. The molecule has 4 heteroatoms. The molecule has 0 aliphatic carbocycles. The van der Waals surface area contributed by atoms with E-state index in [0.717, 1.165) is 41.9 Å². The first-order valence-corrected chi connectivity index (χ1v) is 8.29. The molecule has 0 amide bonds. The minimum absolute atomic E-state index is 0.441. The second kappa shape index (κ2) is 8.85. The molecule has 1 atom stereocenters. The summed E-state index contributed by atoms with van der Waals surface area (Å²) in [6.07, 6.45) is 4.82. The van der Waals surface area contributed by atoms with E-state index < -0.39 is 0 Å². The van der Waals surface area contributed by atoms with Gasteiger partial charge in [-0.2, -0.15) is 0 Å². The van der Waals surface area contributed by atoms with Gasteiger partial charge in [-0.1, -0.05) is 33.6 Å². The molecule has 120 valence electrons. The van der Waals surface area contributed by atoms with Gasteiger partial charge in [0.2, 0.25) is 0 Å². The van der Waals surface area contributed by atoms with Crippen molar-refractivity contribution >= 4 is 11.6 Å². The van der Waals surface area contributed by atoms with E-state index in [4.69, 9.17) is 0 Å². The molecule has 0 bridgehead atoms. The molecule has 0 aliphatic heterocycles. The summed E-state index contributed by atoms with van der Waals surface area (Å²) in [6.45, 7) is 13.9. The molecule has 21 heavy (non-hydrogen) atoms. The van der Waals surface area contributed by atoms with Gasteiger partial charge >= 0.3 is 0 Å². The Morgan fingerprint density at radius 2 is 1.67 bits per heavy atom. The molecule has 2 N–H and O–H groups in total. The zero-order chi connectivity index (χ0) is 15.8. The summed E-state index contributed by atoms with van der Waals surface area (Å²) >= 11 is 0. The molecule has 1 aromatic rings. The zero-order valence-corrected chi connectivity index (χ0v) is 14.6. The van der Waals surface area contributed by atoms with E-state index in [-0.39, 0.29) is 0 Å². The third-order valence-electron chi connectivity index (χ3n) is 3.60. The number of nitrogens with zero attached hydrogens (tertiary/aromatic N) is 2. The number of hydrogen-bond acceptors (Lipinski definition) is 4. The highest BCUT2D eigenvalue weighted by Crippen LogP contribution is 2.21. The first kappa shape index (κ1) is 17.7. The van der Waals surface area contributed by atoms with Crippen molar-refractivity contribution in [3.8, 4) is 0 Å². The van der Waals surface area contributed by atoms with Crippen LogP contribution in [0.3, 0.4) is 0 Å². The van der Waals surface area contributed by atoms with Gasteiger partial charge in [-0.25, -0.2) is 9.97 Å². The topological polar surface area (TPSA) is 49.8 Å². The molecule has 1 aromatic heterocycles. The monoisotopic (exact) mass is 292 g/mol. The average molecular weight is 292 g/mol. The summed E-state index contributed by atoms with van der Waals surface area (Å²) in [6, 6.07) is 0.441. The Bertz CT molecular complexity index is 429. The molecule has 0 aromatic carbocycles.